The minimum absolute atomic E-state index is 0.00119. The number of benzene rings is 1. The zero-order chi connectivity index (χ0) is 20.5. The summed E-state index contributed by atoms with van der Waals surface area (Å²) in [5.41, 5.74) is 2.69. The first-order chi connectivity index (χ1) is 14.7. The normalized spacial score (nSPS) is 24.4. The highest BCUT2D eigenvalue weighted by Gasteiger charge is 2.40. The fourth-order valence-corrected chi connectivity index (χ4v) is 5.93. The van der Waals surface area contributed by atoms with Crippen molar-refractivity contribution in [2.75, 3.05) is 32.7 Å². The Hall–Kier alpha value is -1.88. The van der Waals surface area contributed by atoms with Gasteiger partial charge < -0.3 is 9.80 Å². The standard InChI is InChI=1S/C25H35N3O2/c29-24(21-10-5-11-21)27-16-14-26(15-17-27)23(20-7-2-3-8-20)25(30)28-13-12-19-6-1-4-9-22(19)18-28/h1,4,6,9,20-21,23H,2-3,5,7-8,10-18H2/t23-/m0/s1. The Labute approximate surface area is 180 Å². The van der Waals surface area contributed by atoms with Gasteiger partial charge in [0.25, 0.3) is 0 Å². The molecule has 162 valence electrons. The molecule has 1 aromatic carbocycles. The fraction of sp³-hybridized carbons (Fsp3) is 0.680. The molecule has 0 radical (unpaired) electrons. The van der Waals surface area contributed by atoms with E-state index in [1.54, 1.807) is 0 Å². The molecule has 0 N–H and O–H groups in total. The maximum Gasteiger partial charge on any atom is 0.240 e. The average Bonchev–Trinajstić information content (AvgIpc) is 3.27. The number of amides is 2. The Balaban J connectivity index is 1.27. The van der Waals surface area contributed by atoms with Crippen molar-refractivity contribution >= 4 is 11.8 Å². The Morgan fingerprint density at radius 3 is 2.17 bits per heavy atom. The molecule has 1 saturated heterocycles. The van der Waals surface area contributed by atoms with E-state index >= 15 is 0 Å². The second-order valence-corrected chi connectivity index (χ2v) is 9.76. The smallest absolute Gasteiger partial charge is 0.240 e. The van der Waals surface area contributed by atoms with Gasteiger partial charge >= 0.3 is 0 Å². The molecule has 5 rings (SSSR count). The highest BCUT2D eigenvalue weighted by Crippen LogP contribution is 2.34. The van der Waals surface area contributed by atoms with Crippen LogP contribution in [0.3, 0.4) is 0 Å². The monoisotopic (exact) mass is 409 g/mol. The zero-order valence-electron chi connectivity index (χ0n) is 18.1. The highest BCUT2D eigenvalue weighted by atomic mass is 16.2. The first kappa shape index (κ1) is 20.0. The van der Waals surface area contributed by atoms with Crippen molar-refractivity contribution in [1.29, 1.82) is 0 Å². The molecule has 0 aromatic heterocycles. The molecule has 2 heterocycles. The Kier molecular flexibility index (Phi) is 5.81. The van der Waals surface area contributed by atoms with Crippen LogP contribution in [0.4, 0.5) is 0 Å². The topological polar surface area (TPSA) is 43.9 Å². The predicted molar refractivity (Wildman–Crippen MR) is 117 cm³/mol. The molecule has 3 fully saturated rings. The fourth-order valence-electron chi connectivity index (χ4n) is 5.93. The van der Waals surface area contributed by atoms with Gasteiger partial charge in [0.15, 0.2) is 0 Å². The number of hydrogen-bond acceptors (Lipinski definition) is 3. The Morgan fingerprint density at radius 2 is 1.50 bits per heavy atom. The summed E-state index contributed by atoms with van der Waals surface area (Å²) >= 11 is 0. The van der Waals surface area contributed by atoms with E-state index in [9.17, 15) is 9.59 Å². The van der Waals surface area contributed by atoms with Crippen LogP contribution < -0.4 is 0 Å². The number of hydrogen-bond donors (Lipinski definition) is 0. The van der Waals surface area contributed by atoms with Gasteiger partial charge in [0.1, 0.15) is 0 Å². The van der Waals surface area contributed by atoms with Crippen LogP contribution in [0, 0.1) is 11.8 Å². The molecule has 1 atom stereocenters. The molecule has 4 aliphatic rings. The molecule has 1 aromatic rings. The van der Waals surface area contributed by atoms with E-state index in [4.69, 9.17) is 0 Å². The zero-order valence-corrected chi connectivity index (χ0v) is 18.1. The van der Waals surface area contributed by atoms with E-state index < -0.39 is 0 Å². The van der Waals surface area contributed by atoms with Crippen LogP contribution in [0.2, 0.25) is 0 Å². The van der Waals surface area contributed by atoms with Gasteiger partial charge in [-0.15, -0.1) is 0 Å². The van der Waals surface area contributed by atoms with Crippen molar-refractivity contribution in [3.8, 4) is 0 Å². The van der Waals surface area contributed by atoms with Gasteiger partial charge in [0.05, 0.1) is 6.04 Å². The van der Waals surface area contributed by atoms with Crippen LogP contribution >= 0.6 is 0 Å². The van der Waals surface area contributed by atoms with Gasteiger partial charge in [-0.05, 0) is 49.1 Å². The molecule has 2 amide bonds. The maximum atomic E-state index is 13.8. The largest absolute Gasteiger partial charge is 0.340 e. The van der Waals surface area contributed by atoms with E-state index in [1.165, 1.54) is 43.2 Å². The summed E-state index contributed by atoms with van der Waals surface area (Å²) in [7, 11) is 0. The molecule has 5 heteroatoms. The van der Waals surface area contributed by atoms with Crippen molar-refractivity contribution in [1.82, 2.24) is 14.7 Å². The molecule has 0 spiro atoms. The summed E-state index contributed by atoms with van der Waals surface area (Å²) in [4.78, 5) is 33.0. The third-order valence-electron chi connectivity index (χ3n) is 8.02. The first-order valence-corrected chi connectivity index (χ1v) is 12.1. The van der Waals surface area contributed by atoms with Gasteiger partial charge in [-0.25, -0.2) is 0 Å². The molecule has 5 nitrogen and oxygen atoms in total. The molecule has 2 aliphatic carbocycles. The number of fused-ring (bicyclic) bond motifs is 1. The lowest BCUT2D eigenvalue weighted by Gasteiger charge is -2.44. The van der Waals surface area contributed by atoms with E-state index in [0.29, 0.717) is 17.7 Å². The SMILES string of the molecule is O=C(C1CCC1)N1CCN([C@H](C(=O)N2CCc3ccccc3C2)C2CCCC2)CC1. The molecular weight excluding hydrogens is 374 g/mol. The molecular formula is C25H35N3O2. The second-order valence-electron chi connectivity index (χ2n) is 9.76. The molecule has 0 unspecified atom stereocenters. The number of nitrogens with zero attached hydrogens (tertiary/aromatic N) is 3. The van der Waals surface area contributed by atoms with Crippen molar-refractivity contribution < 1.29 is 9.59 Å². The number of piperazine rings is 1. The number of carbonyl (C=O) groups is 2. The predicted octanol–water partition coefficient (Wildman–Crippen LogP) is 3.07. The van der Waals surface area contributed by atoms with Crippen molar-refractivity contribution in [3.05, 3.63) is 35.4 Å². The van der Waals surface area contributed by atoms with Crippen molar-refractivity contribution in [2.24, 2.45) is 11.8 Å². The van der Waals surface area contributed by atoms with E-state index in [-0.39, 0.29) is 12.0 Å². The lowest BCUT2D eigenvalue weighted by atomic mass is 9.84. The minimum Gasteiger partial charge on any atom is -0.340 e. The van der Waals surface area contributed by atoms with Gasteiger partial charge in [-0.1, -0.05) is 43.5 Å². The van der Waals surface area contributed by atoms with Crippen molar-refractivity contribution in [3.63, 3.8) is 0 Å². The van der Waals surface area contributed by atoms with Crippen LogP contribution in [0.1, 0.15) is 56.1 Å². The highest BCUT2D eigenvalue weighted by molar-refractivity contribution is 5.83. The van der Waals surface area contributed by atoms with Crippen molar-refractivity contribution in [2.45, 2.75) is 64.0 Å². The number of carbonyl (C=O) groups excluding carboxylic acids is 2. The summed E-state index contributed by atoms with van der Waals surface area (Å²) in [6.45, 7) is 4.84. The van der Waals surface area contributed by atoms with E-state index in [0.717, 1.165) is 58.5 Å². The van der Waals surface area contributed by atoms with Gasteiger partial charge in [0, 0.05) is 45.2 Å². The summed E-state index contributed by atoms with van der Waals surface area (Å²) < 4.78 is 0. The second kappa shape index (κ2) is 8.70. The summed E-state index contributed by atoms with van der Waals surface area (Å²) in [5, 5.41) is 0. The lowest BCUT2D eigenvalue weighted by Crippen LogP contribution is -2.59. The molecule has 2 aliphatic heterocycles. The quantitative estimate of drug-likeness (QED) is 0.768. The van der Waals surface area contributed by atoms with Crippen LogP contribution in [0.15, 0.2) is 24.3 Å². The number of rotatable bonds is 4. The third-order valence-corrected chi connectivity index (χ3v) is 8.02. The van der Waals surface area contributed by atoms with Gasteiger partial charge in [-0.2, -0.15) is 0 Å². The third kappa shape index (κ3) is 3.89. The maximum absolute atomic E-state index is 13.8. The van der Waals surface area contributed by atoms with Crippen LogP contribution in [-0.4, -0.2) is 65.3 Å². The van der Waals surface area contributed by atoms with Crippen LogP contribution in [-0.2, 0) is 22.6 Å². The van der Waals surface area contributed by atoms with Gasteiger partial charge in [0.2, 0.25) is 11.8 Å². The van der Waals surface area contributed by atoms with Crippen LogP contribution in [0.25, 0.3) is 0 Å². The molecule has 2 saturated carbocycles. The van der Waals surface area contributed by atoms with E-state index in [1.807, 2.05) is 0 Å². The summed E-state index contributed by atoms with van der Waals surface area (Å²) in [5.74, 6) is 1.44. The summed E-state index contributed by atoms with van der Waals surface area (Å²) in [6, 6.07) is 8.55. The first-order valence-electron chi connectivity index (χ1n) is 12.1. The average molecular weight is 410 g/mol. The molecule has 30 heavy (non-hydrogen) atoms. The Morgan fingerprint density at radius 1 is 0.800 bits per heavy atom. The lowest BCUT2D eigenvalue weighted by molar-refractivity contribution is -0.144. The van der Waals surface area contributed by atoms with Crippen LogP contribution in [0.5, 0.6) is 0 Å². The Bertz CT molecular complexity index is 776. The molecule has 0 bridgehead atoms. The minimum atomic E-state index is -0.00119. The van der Waals surface area contributed by atoms with Gasteiger partial charge in [-0.3, -0.25) is 14.5 Å². The van der Waals surface area contributed by atoms with E-state index in [2.05, 4.69) is 39.0 Å². The summed E-state index contributed by atoms with van der Waals surface area (Å²) in [6.07, 6.45) is 9.13.